The topological polar surface area (TPSA) is 72.2 Å². The Morgan fingerprint density at radius 2 is 2.05 bits per heavy atom. The summed E-state index contributed by atoms with van der Waals surface area (Å²) in [5.74, 6) is -3.50. The molecule has 0 spiro atoms. The highest BCUT2D eigenvalue weighted by molar-refractivity contribution is 5.79. The predicted molar refractivity (Wildman–Crippen MR) is 70.8 cm³/mol. The van der Waals surface area contributed by atoms with Gasteiger partial charge in [0.05, 0.1) is 17.1 Å². The van der Waals surface area contributed by atoms with Gasteiger partial charge < -0.3 is 9.55 Å². The molecule has 0 saturated heterocycles. The van der Waals surface area contributed by atoms with Crippen molar-refractivity contribution in [3.05, 3.63) is 45.0 Å². The molecule has 4 rings (SSSR count). The second kappa shape index (κ2) is 3.99. The Kier molecular flexibility index (Phi) is 2.38. The first-order valence-electron chi connectivity index (χ1n) is 6.55. The predicted octanol–water partition coefficient (Wildman–Crippen LogP) is 1.45. The van der Waals surface area contributed by atoms with Crippen LogP contribution in [0, 0.1) is 5.82 Å². The number of halogens is 3. The lowest BCUT2D eigenvalue weighted by atomic mass is 9.88. The second-order valence-electron chi connectivity index (χ2n) is 5.44. The maximum atomic E-state index is 13.5. The van der Waals surface area contributed by atoms with E-state index < -0.39 is 41.7 Å². The Labute approximate surface area is 119 Å². The summed E-state index contributed by atoms with van der Waals surface area (Å²) in [4.78, 5) is 26.5. The van der Waals surface area contributed by atoms with Crippen LogP contribution in [0.3, 0.4) is 0 Å². The van der Waals surface area contributed by atoms with Gasteiger partial charge in [-0.25, -0.2) is 17.7 Å². The average Bonchev–Trinajstić information content (AvgIpc) is 2.77. The molecule has 3 aromatic rings. The molecule has 0 amide bonds. The van der Waals surface area contributed by atoms with Crippen LogP contribution in [0.25, 0.3) is 16.6 Å². The molecule has 1 aliphatic rings. The fourth-order valence-electron chi connectivity index (χ4n) is 2.80. The largest absolute Gasteiger partial charge is 0.311 e. The van der Waals surface area contributed by atoms with Crippen molar-refractivity contribution >= 4 is 16.6 Å². The molecule has 1 N–H and O–H groups in total. The van der Waals surface area contributed by atoms with Gasteiger partial charge in [0.15, 0.2) is 11.5 Å². The van der Waals surface area contributed by atoms with Crippen LogP contribution in [-0.2, 0) is 0 Å². The molecule has 0 atom stereocenters. The first kappa shape index (κ1) is 13.1. The lowest BCUT2D eigenvalue weighted by Crippen LogP contribution is -2.41. The zero-order chi connectivity index (χ0) is 15.6. The minimum absolute atomic E-state index is 0.0883. The Morgan fingerprint density at radius 1 is 1.32 bits per heavy atom. The van der Waals surface area contributed by atoms with Crippen molar-refractivity contribution in [2.24, 2.45) is 0 Å². The molecule has 0 radical (unpaired) electrons. The van der Waals surface area contributed by atoms with Crippen molar-refractivity contribution in [3.63, 3.8) is 0 Å². The van der Waals surface area contributed by atoms with Crippen molar-refractivity contribution in [2.45, 2.75) is 24.8 Å². The molecule has 22 heavy (non-hydrogen) atoms. The van der Waals surface area contributed by atoms with Crippen molar-refractivity contribution in [2.75, 3.05) is 0 Å². The third-order valence-corrected chi connectivity index (χ3v) is 3.95. The van der Waals surface area contributed by atoms with Gasteiger partial charge in [0.1, 0.15) is 0 Å². The van der Waals surface area contributed by atoms with Crippen LogP contribution >= 0.6 is 0 Å². The van der Waals surface area contributed by atoms with Crippen molar-refractivity contribution in [3.8, 4) is 0 Å². The molecule has 0 bridgehead atoms. The van der Waals surface area contributed by atoms with E-state index in [0.717, 1.165) is 21.3 Å². The normalized spacial score (nSPS) is 18.0. The first-order valence-corrected chi connectivity index (χ1v) is 6.55. The molecule has 3 heterocycles. The number of nitrogens with one attached hydrogen (secondary N) is 1. The molecule has 6 nitrogen and oxygen atoms in total. The molecule has 1 fully saturated rings. The highest BCUT2D eigenvalue weighted by atomic mass is 19.3. The van der Waals surface area contributed by atoms with Gasteiger partial charge in [0, 0.05) is 31.1 Å². The summed E-state index contributed by atoms with van der Waals surface area (Å²) in [6.45, 7) is 0. The molecule has 3 aromatic heterocycles. The Balaban J connectivity index is 1.99. The van der Waals surface area contributed by atoms with Crippen LogP contribution < -0.4 is 11.1 Å². The zero-order valence-corrected chi connectivity index (χ0v) is 11.0. The Hall–Kier alpha value is -2.58. The maximum absolute atomic E-state index is 13.5. The number of H-pyrrole nitrogens is 1. The van der Waals surface area contributed by atoms with E-state index in [1.165, 1.54) is 6.20 Å². The van der Waals surface area contributed by atoms with Gasteiger partial charge >= 0.3 is 0 Å². The van der Waals surface area contributed by atoms with E-state index in [2.05, 4.69) is 10.1 Å². The summed E-state index contributed by atoms with van der Waals surface area (Å²) in [5.41, 5.74) is -1.16. The number of rotatable bonds is 1. The molecule has 9 heteroatoms. The van der Waals surface area contributed by atoms with E-state index >= 15 is 0 Å². The van der Waals surface area contributed by atoms with Gasteiger partial charge in [-0.1, -0.05) is 0 Å². The van der Waals surface area contributed by atoms with E-state index in [9.17, 15) is 22.8 Å². The fraction of sp³-hybridized carbons (Fsp3) is 0.308. The number of aromatic nitrogens is 4. The Bertz CT molecular complexity index is 1030. The van der Waals surface area contributed by atoms with Gasteiger partial charge in [-0.3, -0.25) is 9.59 Å². The number of fused-ring (bicyclic) bond motifs is 3. The third kappa shape index (κ3) is 1.71. The number of nitrogens with zero attached hydrogens (tertiary/aromatic N) is 3. The quantitative estimate of drug-likeness (QED) is 0.739. The van der Waals surface area contributed by atoms with Gasteiger partial charge in [-0.2, -0.15) is 5.10 Å². The Morgan fingerprint density at radius 3 is 2.73 bits per heavy atom. The maximum Gasteiger partial charge on any atom is 0.260 e. The number of alkyl halides is 2. The number of hydrogen-bond donors (Lipinski definition) is 1. The molecule has 1 saturated carbocycles. The average molecular weight is 310 g/mol. The fourth-order valence-corrected chi connectivity index (χ4v) is 2.80. The monoisotopic (exact) mass is 310 g/mol. The standard InChI is InChI=1S/C13H9F3N4O2/c14-8-4-17-20-9-1-10(21)19(6-2-13(15,16)3-6)5-7(9)12(22)18-11(8)20/h1,4-6H,2-3H2,(H,18,22). The number of aromatic amines is 1. The van der Waals surface area contributed by atoms with Crippen LogP contribution in [0.1, 0.15) is 18.9 Å². The summed E-state index contributed by atoms with van der Waals surface area (Å²) in [7, 11) is 0. The summed E-state index contributed by atoms with van der Waals surface area (Å²) in [6.07, 6.45) is 1.28. The summed E-state index contributed by atoms with van der Waals surface area (Å²) >= 11 is 0. The van der Waals surface area contributed by atoms with Crippen LogP contribution in [0.15, 0.2) is 28.0 Å². The lowest BCUT2D eigenvalue weighted by molar-refractivity contribution is -0.104. The molecule has 0 aromatic carbocycles. The van der Waals surface area contributed by atoms with E-state index in [-0.39, 0.29) is 16.6 Å². The molecule has 0 aliphatic heterocycles. The zero-order valence-electron chi connectivity index (χ0n) is 11.0. The molecular weight excluding hydrogens is 301 g/mol. The first-order chi connectivity index (χ1) is 10.4. The van der Waals surface area contributed by atoms with Crippen LogP contribution in [-0.4, -0.2) is 25.1 Å². The molecule has 0 unspecified atom stereocenters. The minimum Gasteiger partial charge on any atom is -0.311 e. The lowest BCUT2D eigenvalue weighted by Gasteiger charge is -2.36. The van der Waals surface area contributed by atoms with E-state index in [1.807, 2.05) is 0 Å². The summed E-state index contributed by atoms with van der Waals surface area (Å²) in [5, 5.41) is 3.85. The summed E-state index contributed by atoms with van der Waals surface area (Å²) < 4.78 is 41.7. The van der Waals surface area contributed by atoms with Crippen LogP contribution in [0.5, 0.6) is 0 Å². The van der Waals surface area contributed by atoms with Crippen LogP contribution in [0.2, 0.25) is 0 Å². The molecular formula is C13H9F3N4O2. The van der Waals surface area contributed by atoms with Gasteiger partial charge in [-0.15, -0.1) is 0 Å². The van der Waals surface area contributed by atoms with Crippen molar-refractivity contribution < 1.29 is 13.2 Å². The van der Waals surface area contributed by atoms with Crippen LogP contribution in [0.4, 0.5) is 13.2 Å². The van der Waals surface area contributed by atoms with Gasteiger partial charge in [-0.05, 0) is 0 Å². The van der Waals surface area contributed by atoms with E-state index in [0.29, 0.717) is 0 Å². The van der Waals surface area contributed by atoms with Gasteiger partial charge in [0.2, 0.25) is 0 Å². The molecule has 1 aliphatic carbocycles. The minimum atomic E-state index is -2.78. The number of pyridine rings is 1. The highest BCUT2D eigenvalue weighted by Gasteiger charge is 2.46. The van der Waals surface area contributed by atoms with E-state index in [4.69, 9.17) is 0 Å². The number of hydrogen-bond acceptors (Lipinski definition) is 3. The smallest absolute Gasteiger partial charge is 0.260 e. The summed E-state index contributed by atoms with van der Waals surface area (Å²) in [6, 6.07) is 0.469. The highest BCUT2D eigenvalue weighted by Crippen LogP contribution is 2.44. The van der Waals surface area contributed by atoms with Gasteiger partial charge in [0.25, 0.3) is 17.0 Å². The van der Waals surface area contributed by atoms with E-state index in [1.54, 1.807) is 0 Å². The van der Waals surface area contributed by atoms with Crippen molar-refractivity contribution in [1.29, 1.82) is 0 Å². The SMILES string of the molecule is O=c1[nH]c2c(F)cnn2c2cc(=O)n(C3CC(F)(F)C3)cc12. The molecule has 114 valence electrons. The second-order valence-corrected chi connectivity index (χ2v) is 5.44. The van der Waals surface area contributed by atoms with Crippen molar-refractivity contribution in [1.82, 2.24) is 19.2 Å². The third-order valence-electron chi connectivity index (χ3n) is 3.95.